The highest BCUT2D eigenvalue weighted by Gasteiger charge is 2.33. The van der Waals surface area contributed by atoms with Crippen LogP contribution in [0.1, 0.15) is 59.8 Å². The molecule has 2 aromatic rings. The third-order valence-corrected chi connectivity index (χ3v) is 4.41. The third-order valence-electron chi connectivity index (χ3n) is 4.41. The molecule has 1 amide bonds. The molecule has 3 rings (SSSR count). The van der Waals surface area contributed by atoms with Crippen LogP contribution >= 0.6 is 0 Å². The van der Waals surface area contributed by atoms with E-state index in [0.717, 1.165) is 18.5 Å². The van der Waals surface area contributed by atoms with Crippen LogP contribution in [0.5, 0.6) is 0 Å². The van der Waals surface area contributed by atoms with Gasteiger partial charge in [-0.3, -0.25) is 9.78 Å². The van der Waals surface area contributed by atoms with E-state index in [1.54, 1.807) is 6.20 Å². The maximum atomic E-state index is 12.8. The van der Waals surface area contributed by atoms with E-state index in [-0.39, 0.29) is 5.91 Å². The number of benzene rings is 1. The van der Waals surface area contributed by atoms with Crippen LogP contribution in [0, 0.1) is 6.92 Å². The first-order chi connectivity index (χ1) is 11.0. The van der Waals surface area contributed by atoms with Crippen molar-refractivity contribution >= 4 is 5.91 Å². The van der Waals surface area contributed by atoms with Crippen molar-refractivity contribution < 1.29 is 4.79 Å². The quantitative estimate of drug-likeness (QED) is 0.824. The van der Waals surface area contributed by atoms with Crippen molar-refractivity contribution in [2.75, 3.05) is 0 Å². The van der Waals surface area contributed by atoms with E-state index >= 15 is 0 Å². The van der Waals surface area contributed by atoms with Crippen LogP contribution in [0.3, 0.4) is 0 Å². The first kappa shape index (κ1) is 15.7. The number of hydrogen-bond acceptors (Lipinski definition) is 2. The van der Waals surface area contributed by atoms with Crippen molar-refractivity contribution in [3.63, 3.8) is 0 Å². The van der Waals surface area contributed by atoms with Gasteiger partial charge < -0.3 is 4.90 Å². The molecule has 0 radical (unpaired) electrons. The van der Waals surface area contributed by atoms with Crippen LogP contribution in [0.25, 0.3) is 0 Å². The molecule has 0 saturated heterocycles. The molecule has 1 heterocycles. The van der Waals surface area contributed by atoms with Gasteiger partial charge in [-0.2, -0.15) is 0 Å². The number of rotatable bonds is 5. The first-order valence-corrected chi connectivity index (χ1v) is 8.37. The van der Waals surface area contributed by atoms with Crippen LogP contribution in [-0.2, 0) is 6.54 Å². The lowest BCUT2D eigenvalue weighted by atomic mass is 10.0. The van der Waals surface area contributed by atoms with Gasteiger partial charge in [-0.05, 0) is 48.9 Å². The molecule has 0 unspecified atom stereocenters. The van der Waals surface area contributed by atoms with Crippen molar-refractivity contribution in [1.82, 2.24) is 9.88 Å². The minimum atomic E-state index is 0.0907. The second-order valence-electron chi connectivity index (χ2n) is 6.75. The van der Waals surface area contributed by atoms with Crippen molar-refractivity contribution in [2.45, 2.75) is 52.1 Å². The lowest BCUT2D eigenvalue weighted by molar-refractivity contribution is 0.0729. The Balaban J connectivity index is 1.76. The van der Waals surface area contributed by atoms with Gasteiger partial charge >= 0.3 is 0 Å². The predicted molar refractivity (Wildman–Crippen MR) is 92.4 cm³/mol. The second kappa shape index (κ2) is 6.53. The summed E-state index contributed by atoms with van der Waals surface area (Å²) < 4.78 is 0. The van der Waals surface area contributed by atoms with Gasteiger partial charge in [0.2, 0.25) is 0 Å². The molecule has 1 aliphatic rings. The summed E-state index contributed by atoms with van der Waals surface area (Å²) in [5, 5.41) is 0. The molecule has 0 spiro atoms. The summed E-state index contributed by atoms with van der Waals surface area (Å²) in [7, 11) is 0. The van der Waals surface area contributed by atoms with Crippen LogP contribution in [0.15, 0.2) is 42.6 Å². The van der Waals surface area contributed by atoms with Gasteiger partial charge in [-0.15, -0.1) is 0 Å². The standard InChI is InChI=1S/C20H24N2O/c1-14(2)17-8-5-16(6-9-17)13-22(19-10-11-19)20(23)18-7-4-15(3)21-12-18/h4-9,12,14,19H,10-11,13H2,1-3H3. The lowest BCUT2D eigenvalue weighted by Gasteiger charge is -2.23. The number of aryl methyl sites for hydroxylation is 1. The molecule has 0 bridgehead atoms. The summed E-state index contributed by atoms with van der Waals surface area (Å²) in [6, 6.07) is 12.8. The SMILES string of the molecule is Cc1ccc(C(=O)N(Cc2ccc(C(C)C)cc2)C2CC2)cn1. The maximum absolute atomic E-state index is 12.8. The van der Waals surface area contributed by atoms with Gasteiger partial charge in [0.25, 0.3) is 5.91 Å². The fourth-order valence-electron chi connectivity index (χ4n) is 2.72. The summed E-state index contributed by atoms with van der Waals surface area (Å²) in [5.74, 6) is 0.622. The fraction of sp³-hybridized carbons (Fsp3) is 0.400. The van der Waals surface area contributed by atoms with Gasteiger partial charge in [0.05, 0.1) is 5.56 Å². The molecule has 1 aliphatic carbocycles. The van der Waals surface area contributed by atoms with E-state index < -0.39 is 0 Å². The average molecular weight is 308 g/mol. The zero-order valence-corrected chi connectivity index (χ0v) is 14.1. The van der Waals surface area contributed by atoms with Crippen LogP contribution in [0.4, 0.5) is 0 Å². The number of carbonyl (C=O) groups is 1. The Kier molecular flexibility index (Phi) is 4.46. The second-order valence-corrected chi connectivity index (χ2v) is 6.75. The monoisotopic (exact) mass is 308 g/mol. The Labute approximate surface area is 138 Å². The van der Waals surface area contributed by atoms with Crippen LogP contribution in [-0.4, -0.2) is 21.8 Å². The van der Waals surface area contributed by atoms with Crippen molar-refractivity contribution in [1.29, 1.82) is 0 Å². The minimum absolute atomic E-state index is 0.0907. The van der Waals surface area contributed by atoms with Crippen LogP contribution in [0.2, 0.25) is 0 Å². The predicted octanol–water partition coefficient (Wildman–Crippen LogP) is 4.32. The molecule has 0 atom stereocenters. The fourth-order valence-corrected chi connectivity index (χ4v) is 2.72. The molecule has 1 saturated carbocycles. The van der Waals surface area contributed by atoms with Gasteiger partial charge in [0.15, 0.2) is 0 Å². The Morgan fingerprint density at radius 3 is 2.39 bits per heavy atom. The van der Waals surface area contributed by atoms with Crippen LogP contribution < -0.4 is 0 Å². The van der Waals surface area contributed by atoms with Gasteiger partial charge in [0, 0.05) is 24.5 Å². The topological polar surface area (TPSA) is 33.2 Å². The van der Waals surface area contributed by atoms with E-state index in [0.29, 0.717) is 24.1 Å². The Hall–Kier alpha value is -2.16. The zero-order chi connectivity index (χ0) is 16.4. The molecule has 120 valence electrons. The Morgan fingerprint density at radius 2 is 1.87 bits per heavy atom. The summed E-state index contributed by atoms with van der Waals surface area (Å²) in [6.45, 7) is 7.00. The Bertz CT molecular complexity index is 670. The highest BCUT2D eigenvalue weighted by atomic mass is 16.2. The smallest absolute Gasteiger partial charge is 0.255 e. The number of pyridine rings is 1. The molecule has 1 aromatic heterocycles. The summed E-state index contributed by atoms with van der Waals surface area (Å²) in [4.78, 5) is 19.1. The molecule has 3 heteroatoms. The largest absolute Gasteiger partial charge is 0.331 e. The molecule has 1 aromatic carbocycles. The molecule has 0 aliphatic heterocycles. The zero-order valence-electron chi connectivity index (χ0n) is 14.1. The van der Waals surface area contributed by atoms with Crippen molar-refractivity contribution in [3.8, 4) is 0 Å². The third kappa shape index (κ3) is 3.79. The normalized spacial score (nSPS) is 14.1. The molecule has 23 heavy (non-hydrogen) atoms. The van der Waals surface area contributed by atoms with Gasteiger partial charge in [0.1, 0.15) is 0 Å². The van der Waals surface area contributed by atoms with Gasteiger partial charge in [-0.25, -0.2) is 0 Å². The minimum Gasteiger partial charge on any atom is -0.331 e. The van der Waals surface area contributed by atoms with Crippen molar-refractivity contribution in [2.24, 2.45) is 0 Å². The number of nitrogens with zero attached hydrogens (tertiary/aromatic N) is 2. The average Bonchev–Trinajstić information content (AvgIpc) is 3.38. The highest BCUT2D eigenvalue weighted by molar-refractivity contribution is 5.94. The molecule has 1 fully saturated rings. The molecular weight excluding hydrogens is 284 g/mol. The van der Waals surface area contributed by atoms with E-state index in [1.807, 2.05) is 24.0 Å². The van der Waals surface area contributed by atoms with E-state index in [1.165, 1.54) is 11.1 Å². The molecule has 0 N–H and O–H groups in total. The molecule has 3 nitrogen and oxygen atoms in total. The van der Waals surface area contributed by atoms with Crippen molar-refractivity contribution in [3.05, 3.63) is 65.0 Å². The van der Waals surface area contributed by atoms with E-state index in [4.69, 9.17) is 0 Å². The Morgan fingerprint density at radius 1 is 1.17 bits per heavy atom. The first-order valence-electron chi connectivity index (χ1n) is 8.37. The maximum Gasteiger partial charge on any atom is 0.255 e. The van der Waals surface area contributed by atoms with E-state index in [2.05, 4.69) is 43.1 Å². The highest BCUT2D eigenvalue weighted by Crippen LogP contribution is 2.30. The lowest BCUT2D eigenvalue weighted by Crippen LogP contribution is -2.32. The number of hydrogen-bond donors (Lipinski definition) is 0. The summed E-state index contributed by atoms with van der Waals surface area (Å²) in [6.07, 6.45) is 3.90. The molecular formula is C20H24N2O. The number of amides is 1. The van der Waals surface area contributed by atoms with Gasteiger partial charge in [-0.1, -0.05) is 38.1 Å². The summed E-state index contributed by atoms with van der Waals surface area (Å²) >= 11 is 0. The number of carbonyl (C=O) groups excluding carboxylic acids is 1. The summed E-state index contributed by atoms with van der Waals surface area (Å²) in [5.41, 5.74) is 4.14. The van der Waals surface area contributed by atoms with E-state index in [9.17, 15) is 4.79 Å². The number of aromatic nitrogens is 1.